The van der Waals surface area contributed by atoms with Gasteiger partial charge in [-0.2, -0.15) is 0 Å². The van der Waals surface area contributed by atoms with Gasteiger partial charge in [0.05, 0.1) is 6.04 Å². The second-order valence-electron chi connectivity index (χ2n) is 3.74. The van der Waals surface area contributed by atoms with Crippen LogP contribution in [0, 0.1) is 0 Å². The average Bonchev–Trinajstić information content (AvgIpc) is 2.15. The summed E-state index contributed by atoms with van der Waals surface area (Å²) in [7, 11) is 3.79. The second-order valence-corrected chi connectivity index (χ2v) is 4.66. The zero-order valence-electron chi connectivity index (χ0n) is 8.90. The van der Waals surface area contributed by atoms with Crippen LogP contribution in [0.5, 0.6) is 0 Å². The Morgan fingerprint density at radius 1 is 1.53 bits per heavy atom. The molecule has 0 amide bonds. The fraction of sp³-hybridized carbons (Fsp3) is 0.364. The van der Waals surface area contributed by atoms with Crippen LogP contribution in [0.4, 0.5) is 0 Å². The van der Waals surface area contributed by atoms with Crippen molar-refractivity contribution < 1.29 is 4.79 Å². The minimum atomic E-state index is -0.464. The maximum Gasteiger partial charge on any atom is 0.180 e. The van der Waals surface area contributed by atoms with Crippen molar-refractivity contribution in [2.45, 2.75) is 6.04 Å². The van der Waals surface area contributed by atoms with E-state index in [1.54, 1.807) is 12.1 Å². The van der Waals surface area contributed by atoms with E-state index in [1.165, 1.54) is 0 Å². The minimum absolute atomic E-state index is 0.0231. The maximum atomic E-state index is 11.9. The Bertz CT molecular complexity index is 352. The highest BCUT2D eigenvalue weighted by Crippen LogP contribution is 2.12. The van der Waals surface area contributed by atoms with Gasteiger partial charge in [-0.25, -0.2) is 0 Å². The number of benzene rings is 1. The molecule has 2 N–H and O–H groups in total. The summed E-state index contributed by atoms with van der Waals surface area (Å²) in [4.78, 5) is 13.8. The van der Waals surface area contributed by atoms with Gasteiger partial charge < -0.3 is 10.6 Å². The Morgan fingerprint density at radius 3 is 2.73 bits per heavy atom. The number of hydrogen-bond donors (Lipinski definition) is 1. The maximum absolute atomic E-state index is 11.9. The molecular formula is C11H15BrN2O. The molecule has 0 aliphatic rings. The summed E-state index contributed by atoms with van der Waals surface area (Å²) < 4.78 is 0.894. The summed E-state index contributed by atoms with van der Waals surface area (Å²) in [5.74, 6) is -0.0231. The van der Waals surface area contributed by atoms with Gasteiger partial charge >= 0.3 is 0 Å². The molecule has 4 heteroatoms. The SMILES string of the molecule is CN(C)CC(N)C(=O)c1cccc(Br)c1. The van der Waals surface area contributed by atoms with E-state index in [4.69, 9.17) is 5.73 Å². The largest absolute Gasteiger partial charge is 0.320 e. The van der Waals surface area contributed by atoms with E-state index in [0.717, 1.165) is 4.47 Å². The molecule has 0 spiro atoms. The van der Waals surface area contributed by atoms with Crippen LogP contribution >= 0.6 is 15.9 Å². The second kappa shape index (κ2) is 5.39. The molecule has 0 fully saturated rings. The molecule has 0 aliphatic carbocycles. The Balaban J connectivity index is 2.76. The van der Waals surface area contributed by atoms with Gasteiger partial charge in [0.25, 0.3) is 0 Å². The highest BCUT2D eigenvalue weighted by molar-refractivity contribution is 9.10. The monoisotopic (exact) mass is 270 g/mol. The number of likely N-dealkylation sites (N-methyl/N-ethyl adjacent to an activating group) is 1. The van der Waals surface area contributed by atoms with Gasteiger partial charge in [0.1, 0.15) is 0 Å². The molecule has 15 heavy (non-hydrogen) atoms. The predicted octanol–water partition coefficient (Wildman–Crippen LogP) is 1.52. The molecule has 1 rings (SSSR count). The molecule has 0 aromatic heterocycles. The molecule has 0 aliphatic heterocycles. The molecule has 3 nitrogen and oxygen atoms in total. The van der Waals surface area contributed by atoms with Crippen LogP contribution in [0.2, 0.25) is 0 Å². The molecule has 82 valence electrons. The van der Waals surface area contributed by atoms with E-state index >= 15 is 0 Å². The van der Waals surface area contributed by atoms with E-state index in [2.05, 4.69) is 15.9 Å². The fourth-order valence-corrected chi connectivity index (χ4v) is 1.73. The van der Waals surface area contributed by atoms with Gasteiger partial charge in [-0.05, 0) is 26.2 Å². The number of hydrogen-bond acceptors (Lipinski definition) is 3. The van der Waals surface area contributed by atoms with Crippen molar-refractivity contribution in [2.24, 2.45) is 5.73 Å². The summed E-state index contributed by atoms with van der Waals surface area (Å²) in [5.41, 5.74) is 6.45. The third kappa shape index (κ3) is 3.74. The zero-order chi connectivity index (χ0) is 11.4. The van der Waals surface area contributed by atoms with Crippen LogP contribution < -0.4 is 5.73 Å². The van der Waals surface area contributed by atoms with E-state index in [0.29, 0.717) is 12.1 Å². The van der Waals surface area contributed by atoms with Crippen LogP contribution in [0.15, 0.2) is 28.7 Å². The van der Waals surface area contributed by atoms with Crippen molar-refractivity contribution in [2.75, 3.05) is 20.6 Å². The smallest absolute Gasteiger partial charge is 0.180 e. The Morgan fingerprint density at radius 2 is 2.20 bits per heavy atom. The quantitative estimate of drug-likeness (QED) is 0.844. The highest BCUT2D eigenvalue weighted by atomic mass is 79.9. The number of carbonyl (C=O) groups is 1. The number of nitrogens with two attached hydrogens (primary N) is 1. The van der Waals surface area contributed by atoms with E-state index < -0.39 is 6.04 Å². The summed E-state index contributed by atoms with van der Waals surface area (Å²) in [5, 5.41) is 0. The molecule has 1 atom stereocenters. The molecule has 1 unspecified atom stereocenters. The van der Waals surface area contributed by atoms with Crippen molar-refractivity contribution in [3.8, 4) is 0 Å². The minimum Gasteiger partial charge on any atom is -0.320 e. The molecule has 0 heterocycles. The molecule has 0 radical (unpaired) electrons. The fourth-order valence-electron chi connectivity index (χ4n) is 1.33. The number of rotatable bonds is 4. The van der Waals surface area contributed by atoms with Crippen LogP contribution in [0.1, 0.15) is 10.4 Å². The van der Waals surface area contributed by atoms with Crippen LogP contribution in [-0.2, 0) is 0 Å². The first kappa shape index (κ1) is 12.4. The van der Waals surface area contributed by atoms with Crippen molar-refractivity contribution in [1.82, 2.24) is 4.90 Å². The third-order valence-electron chi connectivity index (χ3n) is 2.01. The molecule has 0 saturated heterocycles. The first-order valence-corrected chi connectivity index (χ1v) is 5.50. The summed E-state index contributed by atoms with van der Waals surface area (Å²) in [6, 6.07) is 6.82. The normalized spacial score (nSPS) is 12.9. The van der Waals surface area contributed by atoms with Gasteiger partial charge in [0, 0.05) is 16.6 Å². The number of ketones is 1. The first-order valence-electron chi connectivity index (χ1n) is 4.71. The van der Waals surface area contributed by atoms with Crippen molar-refractivity contribution >= 4 is 21.7 Å². The summed E-state index contributed by atoms with van der Waals surface area (Å²) >= 11 is 3.33. The van der Waals surface area contributed by atoms with Gasteiger partial charge in [-0.1, -0.05) is 28.1 Å². The van der Waals surface area contributed by atoms with Gasteiger partial charge in [0.15, 0.2) is 5.78 Å². The average molecular weight is 271 g/mol. The molecule has 1 aromatic rings. The van der Waals surface area contributed by atoms with Gasteiger partial charge in [-0.3, -0.25) is 4.79 Å². The number of halogens is 1. The van der Waals surface area contributed by atoms with Crippen LogP contribution in [0.3, 0.4) is 0 Å². The van der Waals surface area contributed by atoms with E-state index in [-0.39, 0.29) is 5.78 Å². The zero-order valence-corrected chi connectivity index (χ0v) is 10.5. The Labute approximate surface area is 98.4 Å². The van der Waals surface area contributed by atoms with Crippen molar-refractivity contribution in [1.29, 1.82) is 0 Å². The lowest BCUT2D eigenvalue weighted by Gasteiger charge is -2.15. The van der Waals surface area contributed by atoms with Crippen molar-refractivity contribution in [3.05, 3.63) is 34.3 Å². The number of Topliss-reactive ketones (excluding diaryl/α,β-unsaturated/α-hetero) is 1. The van der Waals surface area contributed by atoms with E-state index in [1.807, 2.05) is 31.1 Å². The van der Waals surface area contributed by atoms with Crippen LogP contribution in [0.25, 0.3) is 0 Å². The Kier molecular flexibility index (Phi) is 4.45. The van der Waals surface area contributed by atoms with Crippen molar-refractivity contribution in [3.63, 3.8) is 0 Å². The molecule has 1 aromatic carbocycles. The number of carbonyl (C=O) groups excluding carboxylic acids is 1. The standard InChI is InChI=1S/C11H15BrN2O/c1-14(2)7-10(13)11(15)8-4-3-5-9(12)6-8/h3-6,10H,7,13H2,1-2H3. The Hall–Kier alpha value is -0.710. The highest BCUT2D eigenvalue weighted by Gasteiger charge is 2.16. The van der Waals surface area contributed by atoms with Gasteiger partial charge in [0.2, 0.25) is 0 Å². The topological polar surface area (TPSA) is 46.3 Å². The lowest BCUT2D eigenvalue weighted by molar-refractivity contribution is 0.0947. The predicted molar refractivity (Wildman–Crippen MR) is 65.0 cm³/mol. The molecule has 0 saturated carbocycles. The van der Waals surface area contributed by atoms with Gasteiger partial charge in [-0.15, -0.1) is 0 Å². The number of nitrogens with zero attached hydrogens (tertiary/aromatic N) is 1. The summed E-state index contributed by atoms with van der Waals surface area (Å²) in [6.07, 6.45) is 0. The van der Waals surface area contributed by atoms with Crippen LogP contribution in [-0.4, -0.2) is 37.4 Å². The molecule has 0 bridgehead atoms. The lowest BCUT2D eigenvalue weighted by Crippen LogP contribution is -2.39. The third-order valence-corrected chi connectivity index (χ3v) is 2.50. The lowest BCUT2D eigenvalue weighted by atomic mass is 10.0. The molecular weight excluding hydrogens is 256 g/mol. The van der Waals surface area contributed by atoms with E-state index in [9.17, 15) is 4.79 Å². The first-order chi connectivity index (χ1) is 7.00. The summed E-state index contributed by atoms with van der Waals surface area (Å²) in [6.45, 7) is 0.561.